The van der Waals surface area contributed by atoms with Crippen LogP contribution >= 0.6 is 11.6 Å². The first kappa shape index (κ1) is 26.6. The van der Waals surface area contributed by atoms with E-state index in [1.165, 1.54) is 64.2 Å². The maximum atomic E-state index is 13.9. The van der Waals surface area contributed by atoms with E-state index in [0.29, 0.717) is 12.0 Å². The lowest BCUT2D eigenvalue weighted by Gasteiger charge is -2.38. The molecule has 0 aliphatic heterocycles. The fourth-order valence-electron chi connectivity index (χ4n) is 6.20. The van der Waals surface area contributed by atoms with Gasteiger partial charge in [-0.25, -0.2) is 8.78 Å². The topological polar surface area (TPSA) is 0 Å². The molecule has 0 spiro atoms. The minimum atomic E-state index is -4.03. The van der Waals surface area contributed by atoms with Gasteiger partial charge in [-0.1, -0.05) is 50.7 Å². The Hall–Kier alpha value is -1.03. The van der Waals surface area contributed by atoms with Crippen LogP contribution in [0.3, 0.4) is 0 Å². The Morgan fingerprint density at radius 2 is 1.36 bits per heavy atom. The third kappa shape index (κ3) is 8.01. The van der Waals surface area contributed by atoms with Crippen LogP contribution in [0.4, 0.5) is 17.6 Å². The van der Waals surface area contributed by atoms with Crippen LogP contribution in [0.15, 0.2) is 24.3 Å². The highest BCUT2D eigenvalue weighted by Gasteiger charge is 2.35. The van der Waals surface area contributed by atoms with Crippen molar-refractivity contribution in [2.24, 2.45) is 23.7 Å². The van der Waals surface area contributed by atoms with E-state index in [1.54, 1.807) is 0 Å². The van der Waals surface area contributed by atoms with E-state index in [1.807, 2.05) is 0 Å². The average Bonchev–Trinajstić information content (AvgIpc) is 2.76. The molecule has 0 unspecified atom stereocenters. The van der Waals surface area contributed by atoms with Crippen molar-refractivity contribution >= 4 is 11.6 Å². The maximum absolute atomic E-state index is 13.9. The Balaban J connectivity index is 1.32. The summed E-state index contributed by atoms with van der Waals surface area (Å²) in [6.45, 7) is 2.10. The van der Waals surface area contributed by atoms with Gasteiger partial charge in [0.1, 0.15) is 17.2 Å². The van der Waals surface area contributed by atoms with Gasteiger partial charge in [0, 0.05) is 0 Å². The van der Waals surface area contributed by atoms with Crippen molar-refractivity contribution in [1.29, 1.82) is 0 Å². The lowest BCUT2D eigenvalue weighted by atomic mass is 9.68. The van der Waals surface area contributed by atoms with Crippen LogP contribution in [0.1, 0.15) is 102 Å². The van der Waals surface area contributed by atoms with Crippen molar-refractivity contribution in [2.75, 3.05) is 0 Å². The van der Waals surface area contributed by atoms with Crippen molar-refractivity contribution in [3.63, 3.8) is 0 Å². The van der Waals surface area contributed by atoms with Gasteiger partial charge in [0.2, 0.25) is 0 Å². The van der Waals surface area contributed by atoms with Crippen LogP contribution < -0.4 is 0 Å². The van der Waals surface area contributed by atoms with Crippen molar-refractivity contribution in [1.82, 2.24) is 0 Å². The monoisotopic (exact) mass is 486 g/mol. The highest BCUT2D eigenvalue weighted by Crippen LogP contribution is 2.43. The zero-order chi connectivity index (χ0) is 23.8. The first-order chi connectivity index (χ1) is 15.8. The molecule has 33 heavy (non-hydrogen) atoms. The van der Waals surface area contributed by atoms with Gasteiger partial charge in [0.25, 0.3) is 0 Å². The second kappa shape index (κ2) is 12.6. The van der Waals surface area contributed by atoms with Gasteiger partial charge < -0.3 is 0 Å². The third-order valence-electron chi connectivity index (χ3n) is 8.14. The van der Waals surface area contributed by atoms with Gasteiger partial charge in [0.15, 0.2) is 0 Å². The van der Waals surface area contributed by atoms with Crippen LogP contribution in [-0.2, 0) is 11.8 Å². The fourth-order valence-corrected chi connectivity index (χ4v) is 6.38. The second-order valence-corrected chi connectivity index (χ2v) is 10.9. The summed E-state index contributed by atoms with van der Waals surface area (Å²) >= 11 is 4.81. The summed E-state index contributed by atoms with van der Waals surface area (Å²) in [6, 6.07) is 1.99. The number of unbranched alkanes of at least 4 members (excludes halogenated alkanes) is 1. The molecule has 1 aromatic rings. The number of rotatable bonds is 10. The van der Waals surface area contributed by atoms with Crippen molar-refractivity contribution < 1.29 is 17.6 Å². The van der Waals surface area contributed by atoms with Gasteiger partial charge >= 0.3 is 5.38 Å². The summed E-state index contributed by atoms with van der Waals surface area (Å²) in [5.41, 5.74) is -0.938. The Kier molecular flexibility index (Phi) is 10.2. The van der Waals surface area contributed by atoms with E-state index < -0.39 is 22.6 Å². The lowest BCUT2D eigenvalue weighted by molar-refractivity contribution is 0.0858. The fraction of sp³-hybridized carbons (Fsp3) is 0.714. The number of aryl methyl sites for hydroxylation is 1. The molecular formula is C28H39ClF4. The summed E-state index contributed by atoms with van der Waals surface area (Å²) in [6.07, 6.45) is 21.4. The van der Waals surface area contributed by atoms with Crippen LogP contribution in [-0.4, -0.2) is 0 Å². The normalized spacial score (nSPS) is 26.7. The smallest absolute Gasteiger partial charge is 0.206 e. The number of hydrogen-bond donors (Lipinski definition) is 0. The van der Waals surface area contributed by atoms with E-state index in [9.17, 15) is 17.6 Å². The number of hydrogen-bond acceptors (Lipinski definition) is 0. The molecule has 0 atom stereocenters. The molecule has 3 rings (SSSR count). The van der Waals surface area contributed by atoms with Gasteiger partial charge in [0.05, 0.1) is 0 Å². The van der Waals surface area contributed by atoms with Gasteiger partial charge in [-0.2, -0.15) is 8.78 Å². The van der Waals surface area contributed by atoms with E-state index in [0.717, 1.165) is 55.1 Å². The Bertz CT molecular complexity index is 731. The molecule has 2 saturated carbocycles. The predicted molar refractivity (Wildman–Crippen MR) is 129 cm³/mol. The molecule has 2 fully saturated rings. The zero-order valence-corrected chi connectivity index (χ0v) is 20.7. The molecule has 0 bridgehead atoms. The van der Waals surface area contributed by atoms with Crippen molar-refractivity contribution in [2.45, 2.75) is 102 Å². The Morgan fingerprint density at radius 3 is 1.85 bits per heavy atom. The molecule has 2 aliphatic rings. The quantitative estimate of drug-likeness (QED) is 0.133. The number of allylic oxidation sites excluding steroid dienone is 2. The Labute approximate surface area is 202 Å². The summed E-state index contributed by atoms with van der Waals surface area (Å²) in [4.78, 5) is 0. The van der Waals surface area contributed by atoms with Crippen LogP contribution in [0.2, 0.25) is 0 Å². The van der Waals surface area contributed by atoms with Crippen LogP contribution in [0.25, 0.3) is 0 Å². The van der Waals surface area contributed by atoms with Gasteiger partial charge in [-0.05, 0) is 111 Å². The molecule has 1 aromatic carbocycles. The summed E-state index contributed by atoms with van der Waals surface area (Å²) in [7, 11) is 0. The molecular weight excluding hydrogens is 448 g/mol. The number of halogens is 5. The Morgan fingerprint density at radius 1 is 0.848 bits per heavy atom. The molecule has 0 N–H and O–H groups in total. The van der Waals surface area contributed by atoms with E-state index in [4.69, 9.17) is 11.6 Å². The number of alkyl halides is 3. The lowest BCUT2D eigenvalue weighted by Crippen LogP contribution is -2.25. The molecule has 2 aliphatic carbocycles. The van der Waals surface area contributed by atoms with Crippen LogP contribution in [0, 0.1) is 35.3 Å². The highest BCUT2D eigenvalue weighted by molar-refractivity contribution is 6.21. The zero-order valence-electron chi connectivity index (χ0n) is 19.9. The summed E-state index contributed by atoms with van der Waals surface area (Å²) < 4.78 is 54.0. The first-order valence-electron chi connectivity index (χ1n) is 12.9. The minimum Gasteiger partial charge on any atom is -0.206 e. The van der Waals surface area contributed by atoms with E-state index >= 15 is 0 Å². The standard InChI is InChI=1S/C28H39ClF4/c1-2-3-4-7-20-10-14-23(15-11-20)24-16-12-21(13-17-24)8-5-6-9-22-18-25(30)27(26(31)19-22)28(29,32)33/h2-3,18-21,23-24H,4-17H2,1H3/b3-2+. The molecule has 0 heterocycles. The highest BCUT2D eigenvalue weighted by atomic mass is 35.5. The molecule has 0 amide bonds. The van der Waals surface area contributed by atoms with E-state index in [-0.39, 0.29) is 0 Å². The van der Waals surface area contributed by atoms with Crippen LogP contribution in [0.5, 0.6) is 0 Å². The third-order valence-corrected chi connectivity index (χ3v) is 8.33. The average molecular weight is 487 g/mol. The molecule has 5 heteroatoms. The van der Waals surface area contributed by atoms with Gasteiger partial charge in [-0.3, -0.25) is 0 Å². The minimum absolute atomic E-state index is 0.416. The molecule has 0 saturated heterocycles. The molecule has 0 nitrogen and oxygen atoms in total. The predicted octanol–water partition coefficient (Wildman–Crippen LogP) is 9.93. The summed E-state index contributed by atoms with van der Waals surface area (Å²) in [5, 5.41) is -4.03. The van der Waals surface area contributed by atoms with Gasteiger partial charge in [-0.15, -0.1) is 0 Å². The van der Waals surface area contributed by atoms with Crippen molar-refractivity contribution in [3.8, 4) is 0 Å². The summed E-state index contributed by atoms with van der Waals surface area (Å²) in [5.74, 6) is 0.979. The largest absolute Gasteiger partial charge is 0.353 e. The van der Waals surface area contributed by atoms with Crippen molar-refractivity contribution in [3.05, 3.63) is 47.0 Å². The second-order valence-electron chi connectivity index (χ2n) is 10.4. The SMILES string of the molecule is C/C=C/CCC1CCC(C2CCC(CCCCc3cc(F)c(C(F)(F)Cl)c(F)c3)CC2)CC1. The molecule has 0 radical (unpaired) electrons. The first-order valence-corrected chi connectivity index (χ1v) is 13.3. The number of benzene rings is 1. The molecule has 0 aromatic heterocycles. The maximum Gasteiger partial charge on any atom is 0.353 e. The molecule has 186 valence electrons. The van der Waals surface area contributed by atoms with E-state index in [2.05, 4.69) is 19.1 Å².